The van der Waals surface area contributed by atoms with Gasteiger partial charge in [-0.05, 0) is 44.9 Å². The summed E-state index contributed by atoms with van der Waals surface area (Å²) in [6, 6.07) is 0.417. The number of aliphatic hydroxyl groups is 1. The van der Waals surface area contributed by atoms with E-state index in [0.717, 1.165) is 31.8 Å². The van der Waals surface area contributed by atoms with Gasteiger partial charge in [-0.1, -0.05) is 6.92 Å². The van der Waals surface area contributed by atoms with Gasteiger partial charge in [0.05, 0.1) is 6.61 Å². The van der Waals surface area contributed by atoms with E-state index in [1.807, 2.05) is 0 Å². The van der Waals surface area contributed by atoms with Crippen molar-refractivity contribution in [2.24, 2.45) is 5.92 Å². The zero-order valence-corrected chi connectivity index (χ0v) is 11.0. The van der Waals surface area contributed by atoms with Gasteiger partial charge in [0.2, 0.25) is 0 Å². The summed E-state index contributed by atoms with van der Waals surface area (Å²) in [5, 5.41) is 13.2. The Morgan fingerprint density at radius 2 is 2.06 bits per heavy atom. The molecule has 1 saturated carbocycles. The van der Waals surface area contributed by atoms with Crippen molar-refractivity contribution in [1.82, 2.24) is 5.32 Å². The van der Waals surface area contributed by atoms with E-state index in [-0.39, 0.29) is 12.1 Å². The molecule has 1 aliphatic carbocycles. The van der Waals surface area contributed by atoms with Gasteiger partial charge in [0.25, 0.3) is 0 Å². The maximum atomic E-state index is 9.61. The lowest BCUT2D eigenvalue weighted by Crippen LogP contribution is -2.54. The number of hydrogen-bond acceptors (Lipinski definition) is 3. The molecule has 0 aromatic rings. The van der Waals surface area contributed by atoms with Gasteiger partial charge in [-0.2, -0.15) is 0 Å². The van der Waals surface area contributed by atoms with Gasteiger partial charge >= 0.3 is 0 Å². The highest BCUT2D eigenvalue weighted by atomic mass is 16.5. The fourth-order valence-corrected chi connectivity index (χ4v) is 2.55. The third kappa shape index (κ3) is 4.04. The van der Waals surface area contributed by atoms with Crippen LogP contribution in [0.3, 0.4) is 0 Å². The van der Waals surface area contributed by atoms with Crippen LogP contribution in [0.15, 0.2) is 0 Å². The molecule has 0 aromatic heterocycles. The second-order valence-electron chi connectivity index (χ2n) is 5.45. The largest absolute Gasteiger partial charge is 0.394 e. The van der Waals surface area contributed by atoms with Crippen molar-refractivity contribution in [1.29, 1.82) is 0 Å². The molecular weight excluding hydrogens is 202 g/mol. The molecule has 16 heavy (non-hydrogen) atoms. The fraction of sp³-hybridized carbons (Fsp3) is 1.00. The lowest BCUT2D eigenvalue weighted by atomic mass is 9.77. The van der Waals surface area contributed by atoms with Gasteiger partial charge in [0.1, 0.15) is 0 Å². The second kappa shape index (κ2) is 6.58. The van der Waals surface area contributed by atoms with Crippen LogP contribution in [0.2, 0.25) is 0 Å². The summed E-state index contributed by atoms with van der Waals surface area (Å²) in [5.41, 5.74) is -0.0281. The Kier molecular flexibility index (Phi) is 5.73. The normalized spacial score (nSPS) is 32.6. The van der Waals surface area contributed by atoms with E-state index in [1.54, 1.807) is 7.11 Å². The maximum absolute atomic E-state index is 9.61. The smallest absolute Gasteiger partial charge is 0.0613 e. The number of aliphatic hydroxyl groups excluding tert-OH is 1. The van der Waals surface area contributed by atoms with Crippen LogP contribution in [-0.2, 0) is 4.74 Å². The monoisotopic (exact) mass is 229 g/mol. The predicted molar refractivity (Wildman–Crippen MR) is 66.5 cm³/mol. The van der Waals surface area contributed by atoms with Gasteiger partial charge < -0.3 is 15.2 Å². The second-order valence-corrected chi connectivity index (χ2v) is 5.45. The Morgan fingerprint density at radius 3 is 2.56 bits per heavy atom. The van der Waals surface area contributed by atoms with E-state index in [0.29, 0.717) is 6.04 Å². The third-order valence-corrected chi connectivity index (χ3v) is 3.84. The Balaban J connectivity index is 2.40. The zero-order chi connectivity index (χ0) is 12.0. The fourth-order valence-electron chi connectivity index (χ4n) is 2.55. The summed E-state index contributed by atoms with van der Waals surface area (Å²) >= 11 is 0. The molecular formula is C13H27NO2. The van der Waals surface area contributed by atoms with Crippen LogP contribution in [0, 0.1) is 5.92 Å². The summed E-state index contributed by atoms with van der Waals surface area (Å²) in [4.78, 5) is 0. The van der Waals surface area contributed by atoms with Crippen molar-refractivity contribution >= 4 is 0 Å². The van der Waals surface area contributed by atoms with Crippen molar-refractivity contribution in [3.8, 4) is 0 Å². The lowest BCUT2D eigenvalue weighted by molar-refractivity contribution is 0.0888. The van der Waals surface area contributed by atoms with Gasteiger partial charge in [0.15, 0.2) is 0 Å². The average molecular weight is 229 g/mol. The van der Waals surface area contributed by atoms with Crippen LogP contribution >= 0.6 is 0 Å². The molecule has 1 rings (SSSR count). The Labute approximate surface area is 99.6 Å². The molecule has 0 amide bonds. The minimum atomic E-state index is -0.0281. The molecule has 2 N–H and O–H groups in total. The SMILES string of the molecule is COCCC(C)NC1(CO)CCC(C)CC1. The Bertz CT molecular complexity index is 188. The Morgan fingerprint density at radius 1 is 1.44 bits per heavy atom. The quantitative estimate of drug-likeness (QED) is 0.731. The van der Waals surface area contributed by atoms with E-state index >= 15 is 0 Å². The molecule has 0 saturated heterocycles. The zero-order valence-electron chi connectivity index (χ0n) is 11.0. The first kappa shape index (κ1) is 13.9. The molecule has 0 bridgehead atoms. The molecule has 1 unspecified atom stereocenters. The van der Waals surface area contributed by atoms with Crippen LogP contribution in [0.25, 0.3) is 0 Å². The molecule has 1 fully saturated rings. The van der Waals surface area contributed by atoms with Crippen LogP contribution in [0.4, 0.5) is 0 Å². The molecule has 0 radical (unpaired) electrons. The molecule has 3 heteroatoms. The maximum Gasteiger partial charge on any atom is 0.0613 e. The summed E-state index contributed by atoms with van der Waals surface area (Å²) in [5.74, 6) is 0.816. The topological polar surface area (TPSA) is 41.5 Å². The standard InChI is InChI=1S/C13H27NO2/c1-11-4-7-13(10-15,8-5-11)14-12(2)6-9-16-3/h11-12,14-15H,4-10H2,1-3H3. The van der Waals surface area contributed by atoms with E-state index in [2.05, 4.69) is 19.2 Å². The molecule has 1 atom stereocenters. The highest BCUT2D eigenvalue weighted by Crippen LogP contribution is 2.32. The summed E-state index contributed by atoms with van der Waals surface area (Å²) < 4.78 is 5.08. The predicted octanol–water partition coefficient (Wildman–Crippen LogP) is 1.94. The van der Waals surface area contributed by atoms with E-state index in [4.69, 9.17) is 4.74 Å². The van der Waals surface area contributed by atoms with Crippen molar-refractivity contribution < 1.29 is 9.84 Å². The molecule has 1 aliphatic rings. The summed E-state index contributed by atoms with van der Waals surface area (Å²) in [7, 11) is 1.73. The van der Waals surface area contributed by atoms with Crippen LogP contribution in [0.1, 0.15) is 46.0 Å². The van der Waals surface area contributed by atoms with Crippen LogP contribution in [0.5, 0.6) is 0 Å². The summed E-state index contributed by atoms with van der Waals surface area (Å²) in [6.07, 6.45) is 5.66. The molecule has 0 heterocycles. The van der Waals surface area contributed by atoms with Crippen molar-refractivity contribution in [2.45, 2.75) is 57.5 Å². The minimum Gasteiger partial charge on any atom is -0.394 e. The number of nitrogens with one attached hydrogen (secondary N) is 1. The average Bonchev–Trinajstić information content (AvgIpc) is 2.30. The summed E-state index contributed by atoms with van der Waals surface area (Å²) in [6.45, 7) is 5.52. The number of methoxy groups -OCH3 is 1. The number of rotatable bonds is 6. The van der Waals surface area contributed by atoms with Gasteiger partial charge in [-0.15, -0.1) is 0 Å². The first-order valence-electron chi connectivity index (χ1n) is 6.49. The third-order valence-electron chi connectivity index (χ3n) is 3.84. The molecule has 0 aliphatic heterocycles. The van der Waals surface area contributed by atoms with Crippen molar-refractivity contribution in [3.63, 3.8) is 0 Å². The van der Waals surface area contributed by atoms with Crippen LogP contribution in [-0.4, -0.2) is 37.0 Å². The molecule has 0 spiro atoms. The van der Waals surface area contributed by atoms with Gasteiger partial charge in [-0.25, -0.2) is 0 Å². The first-order chi connectivity index (χ1) is 7.62. The molecule has 0 aromatic carbocycles. The Hall–Kier alpha value is -0.120. The van der Waals surface area contributed by atoms with E-state index in [9.17, 15) is 5.11 Å². The highest BCUT2D eigenvalue weighted by molar-refractivity contribution is 4.93. The first-order valence-corrected chi connectivity index (χ1v) is 6.49. The lowest BCUT2D eigenvalue weighted by Gasteiger charge is -2.41. The van der Waals surface area contributed by atoms with Crippen molar-refractivity contribution in [2.75, 3.05) is 20.3 Å². The van der Waals surface area contributed by atoms with E-state index in [1.165, 1.54) is 12.8 Å². The molecule has 3 nitrogen and oxygen atoms in total. The van der Waals surface area contributed by atoms with Crippen molar-refractivity contribution in [3.05, 3.63) is 0 Å². The highest BCUT2D eigenvalue weighted by Gasteiger charge is 2.34. The number of hydrogen-bond donors (Lipinski definition) is 2. The van der Waals surface area contributed by atoms with E-state index < -0.39 is 0 Å². The number of ether oxygens (including phenoxy) is 1. The van der Waals surface area contributed by atoms with Gasteiger partial charge in [0, 0.05) is 25.3 Å². The van der Waals surface area contributed by atoms with Gasteiger partial charge in [-0.3, -0.25) is 0 Å². The molecule has 96 valence electrons. The minimum absolute atomic E-state index is 0.0281. The van der Waals surface area contributed by atoms with Crippen LogP contribution < -0.4 is 5.32 Å².